The molecule has 4 heavy (non-hydrogen) atoms. The van der Waals surface area contributed by atoms with Gasteiger partial charge in [-0.1, -0.05) is 0 Å². The van der Waals surface area contributed by atoms with E-state index in [1.54, 1.807) is 0 Å². The molecule has 0 aromatic heterocycles. The first-order valence-electron chi connectivity index (χ1n) is 0. The van der Waals surface area contributed by atoms with E-state index in [2.05, 4.69) is 0 Å². The average molecular weight is 299 g/mol. The summed E-state index contributed by atoms with van der Waals surface area (Å²) in [4.78, 5) is 0. The quantitative estimate of drug-likeness (QED) is 0.417. The average Bonchev–Trinajstić information content (AvgIpc) is 0. The van der Waals surface area contributed by atoms with Crippen LogP contribution in [0.2, 0.25) is 0 Å². The Hall–Kier alpha value is 1.51. The van der Waals surface area contributed by atoms with Crippen LogP contribution in [-0.2, 0) is 19.8 Å². The van der Waals surface area contributed by atoms with Gasteiger partial charge >= 0.3 is 0 Å². The summed E-state index contributed by atoms with van der Waals surface area (Å²) in [6.07, 6.45) is 0. The Morgan fingerprint density at radius 1 is 0.750 bits per heavy atom. The summed E-state index contributed by atoms with van der Waals surface area (Å²) < 4.78 is 0. The molecule has 0 unspecified atom stereocenters. The van der Waals surface area contributed by atoms with Gasteiger partial charge in [0.25, 0.3) is 0 Å². The Balaban J connectivity index is 0. The van der Waals surface area contributed by atoms with Crippen molar-refractivity contribution in [1.82, 2.24) is 0 Å². The van der Waals surface area contributed by atoms with Crippen LogP contribution in [0.5, 0.6) is 0 Å². The molecule has 0 spiro atoms. The number of hydrogen-bond acceptors (Lipinski definition) is 0. The summed E-state index contributed by atoms with van der Waals surface area (Å²) in [5.41, 5.74) is 0. The Morgan fingerprint density at radius 2 is 0.750 bits per heavy atom. The first-order chi connectivity index (χ1) is 0. The fourth-order valence-corrected chi connectivity index (χ4v) is 0. The fraction of sp³-hybridized carbons (Fsp3) is 0. The minimum Gasteiger partial charge on any atom is -1.00 e. The van der Waals surface area contributed by atoms with Crippen LogP contribution >= 0.6 is 0 Å². The second-order valence-electron chi connectivity index (χ2n) is 0. The number of halogens is 3. The molecule has 0 aromatic rings. The van der Waals surface area contributed by atoms with Gasteiger partial charge in [-0.2, -0.15) is 0 Å². The van der Waals surface area contributed by atoms with Crippen molar-refractivity contribution in [3.05, 3.63) is 0 Å². The number of rotatable bonds is 0. The molecule has 0 heterocycles. The first kappa shape index (κ1) is 49.3. The molecule has 0 fully saturated rings. The molecule has 0 amide bonds. The van der Waals surface area contributed by atoms with Gasteiger partial charge < -0.3 is 37.2 Å². The van der Waals surface area contributed by atoms with E-state index in [9.17, 15) is 0 Å². The van der Waals surface area contributed by atoms with Gasteiger partial charge in [-0.3, -0.25) is 0 Å². The molecule has 0 radical (unpaired) electrons. The zero-order valence-corrected chi connectivity index (χ0v) is 6.30. The normalized spacial score (nSPS) is 0. The standard InChI is InChI=1S/3ClH.Os.H2/h3*1H;;1H/p-3. The van der Waals surface area contributed by atoms with Crippen LogP contribution < -0.4 is 37.2 Å². The Kier molecular flexibility index (Phi) is 301. The van der Waals surface area contributed by atoms with Crippen LogP contribution in [-0.4, -0.2) is 0 Å². The van der Waals surface area contributed by atoms with Gasteiger partial charge in [-0.25, -0.2) is 0 Å². The zero-order valence-electron chi connectivity index (χ0n) is 1.49. The van der Waals surface area contributed by atoms with E-state index in [0.717, 1.165) is 0 Å². The van der Waals surface area contributed by atoms with Crippen LogP contribution in [0, 0.1) is 0 Å². The molecule has 0 saturated carbocycles. The SMILES string of the molecule is [Cl-].[Cl-].[Cl-].[HH].[Os]. The molecule has 0 atom stereocenters. The van der Waals surface area contributed by atoms with Gasteiger partial charge in [-0.15, -0.1) is 0 Å². The topological polar surface area (TPSA) is 0 Å². The third-order valence-electron chi connectivity index (χ3n) is 0. The largest absolute Gasteiger partial charge is 1.00 e. The summed E-state index contributed by atoms with van der Waals surface area (Å²) in [5, 5.41) is 0. The molecule has 0 aromatic carbocycles. The predicted molar refractivity (Wildman–Crippen MR) is 2.11 cm³/mol. The Morgan fingerprint density at radius 3 is 0.750 bits per heavy atom. The fourth-order valence-electron chi connectivity index (χ4n) is 0. The first-order valence-corrected chi connectivity index (χ1v) is 0. The van der Waals surface area contributed by atoms with Gasteiger partial charge in [0.15, 0.2) is 0 Å². The molecule has 0 aliphatic carbocycles. The minimum atomic E-state index is 0. The van der Waals surface area contributed by atoms with E-state index in [1.807, 2.05) is 0 Å². The molecule has 0 N–H and O–H groups in total. The van der Waals surface area contributed by atoms with Crippen molar-refractivity contribution >= 4 is 0 Å². The van der Waals surface area contributed by atoms with Crippen molar-refractivity contribution in [3.63, 3.8) is 0 Å². The van der Waals surface area contributed by atoms with E-state index >= 15 is 0 Å². The van der Waals surface area contributed by atoms with Crippen LogP contribution in [0.4, 0.5) is 0 Å². The second-order valence-corrected chi connectivity index (χ2v) is 0. The summed E-state index contributed by atoms with van der Waals surface area (Å²) in [6, 6.07) is 0. The van der Waals surface area contributed by atoms with Gasteiger partial charge in [0, 0.05) is 21.2 Å². The maximum Gasteiger partial charge on any atom is 0 e. The van der Waals surface area contributed by atoms with Crippen molar-refractivity contribution < 1.29 is 58.4 Å². The number of hydrogen-bond donors (Lipinski definition) is 0. The van der Waals surface area contributed by atoms with E-state index in [4.69, 9.17) is 0 Å². The van der Waals surface area contributed by atoms with Crippen molar-refractivity contribution in [3.8, 4) is 0 Å². The smallest absolute Gasteiger partial charge is 0 e. The van der Waals surface area contributed by atoms with Crippen LogP contribution in [0.3, 0.4) is 0 Å². The van der Waals surface area contributed by atoms with Crippen LogP contribution in [0.1, 0.15) is 1.43 Å². The van der Waals surface area contributed by atoms with E-state index in [1.165, 1.54) is 0 Å². The molecule has 0 aliphatic heterocycles. The summed E-state index contributed by atoms with van der Waals surface area (Å²) in [6.45, 7) is 0. The van der Waals surface area contributed by atoms with Gasteiger partial charge in [0.2, 0.25) is 0 Å². The van der Waals surface area contributed by atoms with E-state index in [-0.39, 0.29) is 58.4 Å². The third-order valence-corrected chi connectivity index (χ3v) is 0. The molecule has 4 heteroatoms. The van der Waals surface area contributed by atoms with Crippen molar-refractivity contribution in [1.29, 1.82) is 0 Å². The molecule has 0 saturated heterocycles. The van der Waals surface area contributed by atoms with Gasteiger partial charge in [-0.05, 0) is 0 Å². The zero-order chi connectivity index (χ0) is 0. The Labute approximate surface area is 58.5 Å². The van der Waals surface area contributed by atoms with Crippen molar-refractivity contribution in [2.45, 2.75) is 0 Å². The molecule has 34 valence electrons. The van der Waals surface area contributed by atoms with Gasteiger partial charge in [0.05, 0.1) is 0 Å². The molecule has 0 bridgehead atoms. The maximum absolute atomic E-state index is 0. The van der Waals surface area contributed by atoms with E-state index in [0.29, 0.717) is 0 Å². The van der Waals surface area contributed by atoms with Crippen LogP contribution in [0.15, 0.2) is 0 Å². The summed E-state index contributed by atoms with van der Waals surface area (Å²) in [5.74, 6) is 0. The molecular formula is H2Cl3Os-3. The molecule has 0 aliphatic rings. The predicted octanol–water partition coefficient (Wildman–Crippen LogP) is -8.74. The van der Waals surface area contributed by atoms with Gasteiger partial charge in [0.1, 0.15) is 0 Å². The Bertz CT molecular complexity index is 6.85. The monoisotopic (exact) mass is 299 g/mol. The summed E-state index contributed by atoms with van der Waals surface area (Å²) >= 11 is 0. The third kappa shape index (κ3) is 9.71. The van der Waals surface area contributed by atoms with Crippen molar-refractivity contribution in [2.75, 3.05) is 0 Å². The van der Waals surface area contributed by atoms with Crippen LogP contribution in [0.25, 0.3) is 0 Å². The minimum absolute atomic E-state index is 0. The van der Waals surface area contributed by atoms with E-state index < -0.39 is 0 Å². The van der Waals surface area contributed by atoms with Crippen molar-refractivity contribution in [2.24, 2.45) is 0 Å². The summed E-state index contributed by atoms with van der Waals surface area (Å²) in [7, 11) is 0. The molecular weight excluding hydrogens is 297 g/mol. The second kappa shape index (κ2) is 24.4. The maximum atomic E-state index is 0. The molecule has 0 nitrogen and oxygen atoms in total. The molecule has 0 rings (SSSR count).